The van der Waals surface area contributed by atoms with Crippen LogP contribution in [-0.2, 0) is 4.79 Å². The van der Waals surface area contributed by atoms with Crippen molar-refractivity contribution in [3.63, 3.8) is 0 Å². The maximum atomic E-state index is 11.9. The van der Waals surface area contributed by atoms with Gasteiger partial charge in [-0.15, -0.1) is 0 Å². The van der Waals surface area contributed by atoms with Crippen LogP contribution < -0.4 is 0 Å². The molecule has 4 heteroatoms. The average Bonchev–Trinajstić information content (AvgIpc) is 2.34. The standard InChI is InChI=1S/C14H22N2OS/c1-10(2)9-18-14(7-13(17)11(3)4)12-8-15-5-6-16-12/h5-6,8,10-11,14H,7,9H2,1-4H3. The molecule has 1 aromatic rings. The quantitative estimate of drug-likeness (QED) is 0.757. The van der Waals surface area contributed by atoms with Crippen molar-refractivity contribution in [1.82, 2.24) is 9.97 Å². The predicted molar refractivity (Wildman–Crippen MR) is 76.5 cm³/mol. The fourth-order valence-electron chi connectivity index (χ4n) is 1.45. The fraction of sp³-hybridized carbons (Fsp3) is 0.643. The van der Waals surface area contributed by atoms with Gasteiger partial charge in [0.1, 0.15) is 5.78 Å². The first-order valence-corrected chi connectivity index (χ1v) is 7.45. The topological polar surface area (TPSA) is 42.9 Å². The molecule has 1 unspecified atom stereocenters. The van der Waals surface area contributed by atoms with E-state index in [4.69, 9.17) is 0 Å². The second-order valence-corrected chi connectivity index (χ2v) is 6.41. The Balaban J connectivity index is 2.72. The van der Waals surface area contributed by atoms with Crippen LogP contribution in [0.3, 0.4) is 0 Å². The van der Waals surface area contributed by atoms with E-state index >= 15 is 0 Å². The first kappa shape index (κ1) is 15.2. The van der Waals surface area contributed by atoms with Crippen LogP contribution in [0.4, 0.5) is 0 Å². The van der Waals surface area contributed by atoms with E-state index in [1.807, 2.05) is 13.8 Å². The zero-order valence-electron chi connectivity index (χ0n) is 11.6. The van der Waals surface area contributed by atoms with Gasteiger partial charge in [-0.3, -0.25) is 14.8 Å². The molecule has 0 amide bonds. The number of ketones is 1. The molecule has 0 saturated heterocycles. The normalized spacial score (nSPS) is 13.0. The number of hydrogen-bond acceptors (Lipinski definition) is 4. The van der Waals surface area contributed by atoms with Gasteiger partial charge in [-0.2, -0.15) is 11.8 Å². The summed E-state index contributed by atoms with van der Waals surface area (Å²) < 4.78 is 0. The first-order valence-electron chi connectivity index (χ1n) is 6.41. The highest BCUT2D eigenvalue weighted by molar-refractivity contribution is 7.99. The van der Waals surface area contributed by atoms with E-state index in [1.165, 1.54) is 0 Å². The fourth-order valence-corrected chi connectivity index (χ4v) is 2.64. The summed E-state index contributed by atoms with van der Waals surface area (Å²) in [4.78, 5) is 20.3. The average molecular weight is 266 g/mol. The highest BCUT2D eigenvalue weighted by atomic mass is 32.2. The maximum Gasteiger partial charge on any atom is 0.136 e. The summed E-state index contributed by atoms with van der Waals surface area (Å²) in [7, 11) is 0. The molecule has 18 heavy (non-hydrogen) atoms. The smallest absolute Gasteiger partial charge is 0.136 e. The van der Waals surface area contributed by atoms with Crippen LogP contribution in [0, 0.1) is 11.8 Å². The molecule has 0 aliphatic rings. The Morgan fingerprint density at radius 3 is 2.50 bits per heavy atom. The van der Waals surface area contributed by atoms with E-state index in [2.05, 4.69) is 23.8 Å². The van der Waals surface area contributed by atoms with Crippen molar-refractivity contribution in [2.24, 2.45) is 11.8 Å². The van der Waals surface area contributed by atoms with Crippen LogP contribution in [0.25, 0.3) is 0 Å². The van der Waals surface area contributed by atoms with E-state index in [9.17, 15) is 4.79 Å². The summed E-state index contributed by atoms with van der Waals surface area (Å²) in [6.07, 6.45) is 5.68. The molecule has 0 bridgehead atoms. The van der Waals surface area contributed by atoms with E-state index in [0.717, 1.165) is 11.4 Å². The molecule has 3 nitrogen and oxygen atoms in total. The van der Waals surface area contributed by atoms with E-state index in [-0.39, 0.29) is 11.2 Å². The number of thioether (sulfide) groups is 1. The van der Waals surface area contributed by atoms with Crippen molar-refractivity contribution in [2.75, 3.05) is 5.75 Å². The van der Waals surface area contributed by atoms with Crippen LogP contribution >= 0.6 is 11.8 Å². The minimum absolute atomic E-state index is 0.0869. The van der Waals surface area contributed by atoms with Crippen molar-refractivity contribution in [2.45, 2.75) is 39.4 Å². The Morgan fingerprint density at radius 2 is 2.00 bits per heavy atom. The van der Waals surface area contributed by atoms with Crippen LogP contribution in [0.15, 0.2) is 18.6 Å². The zero-order valence-corrected chi connectivity index (χ0v) is 12.4. The molecule has 1 aromatic heterocycles. The van der Waals surface area contributed by atoms with Gasteiger partial charge >= 0.3 is 0 Å². The van der Waals surface area contributed by atoms with E-state index in [1.54, 1.807) is 30.4 Å². The lowest BCUT2D eigenvalue weighted by Crippen LogP contribution is -2.12. The lowest BCUT2D eigenvalue weighted by Gasteiger charge is -2.17. The third-order valence-electron chi connectivity index (χ3n) is 2.57. The van der Waals surface area contributed by atoms with Gasteiger partial charge in [0.2, 0.25) is 0 Å². The number of Topliss-reactive ketones (excluding diaryl/α,β-unsaturated/α-hetero) is 1. The highest BCUT2D eigenvalue weighted by Gasteiger charge is 2.20. The van der Waals surface area contributed by atoms with Gasteiger partial charge in [0.25, 0.3) is 0 Å². The first-order chi connectivity index (χ1) is 8.50. The minimum atomic E-state index is 0.0869. The Bertz CT molecular complexity index is 365. The number of hydrogen-bond donors (Lipinski definition) is 0. The lowest BCUT2D eigenvalue weighted by molar-refractivity contribution is -0.121. The molecule has 0 spiro atoms. The van der Waals surface area contributed by atoms with Gasteiger partial charge < -0.3 is 0 Å². The molecule has 0 radical (unpaired) electrons. The van der Waals surface area contributed by atoms with Crippen LogP contribution in [-0.4, -0.2) is 21.5 Å². The Morgan fingerprint density at radius 1 is 1.28 bits per heavy atom. The number of nitrogens with zero attached hydrogens (tertiary/aromatic N) is 2. The Hall–Kier alpha value is -0.900. The summed E-state index contributed by atoms with van der Waals surface area (Å²) in [5, 5.41) is 0.135. The van der Waals surface area contributed by atoms with Crippen LogP contribution in [0.2, 0.25) is 0 Å². The highest BCUT2D eigenvalue weighted by Crippen LogP contribution is 2.32. The van der Waals surface area contributed by atoms with E-state index in [0.29, 0.717) is 18.1 Å². The minimum Gasteiger partial charge on any atom is -0.299 e. The molecular formula is C14H22N2OS. The van der Waals surface area contributed by atoms with Crippen molar-refractivity contribution in [3.05, 3.63) is 24.3 Å². The molecule has 0 aliphatic heterocycles. The molecule has 1 atom stereocenters. The Kier molecular flexibility index (Phi) is 6.33. The number of aromatic nitrogens is 2. The molecule has 100 valence electrons. The summed E-state index contributed by atoms with van der Waals surface area (Å²) in [5.74, 6) is 2.03. The van der Waals surface area contributed by atoms with Gasteiger partial charge in [0, 0.05) is 30.9 Å². The van der Waals surface area contributed by atoms with Crippen molar-refractivity contribution >= 4 is 17.5 Å². The Labute approximate surface area is 114 Å². The van der Waals surface area contributed by atoms with Gasteiger partial charge in [0.05, 0.1) is 10.9 Å². The third kappa shape index (κ3) is 5.17. The number of carbonyl (C=O) groups excluding carboxylic acids is 1. The predicted octanol–water partition coefficient (Wildman–Crippen LogP) is 3.52. The van der Waals surface area contributed by atoms with E-state index < -0.39 is 0 Å². The monoisotopic (exact) mass is 266 g/mol. The SMILES string of the molecule is CC(C)CSC(CC(=O)C(C)C)c1cnccn1. The molecule has 1 heterocycles. The van der Waals surface area contributed by atoms with Crippen molar-refractivity contribution in [3.8, 4) is 0 Å². The summed E-state index contributed by atoms with van der Waals surface area (Å²) in [6.45, 7) is 8.27. The summed E-state index contributed by atoms with van der Waals surface area (Å²) in [6, 6.07) is 0. The van der Waals surface area contributed by atoms with Gasteiger partial charge in [-0.1, -0.05) is 27.7 Å². The largest absolute Gasteiger partial charge is 0.299 e. The second kappa shape index (κ2) is 7.52. The molecule has 0 aromatic carbocycles. The molecule has 0 fully saturated rings. The zero-order chi connectivity index (χ0) is 13.5. The molecule has 0 aliphatic carbocycles. The van der Waals surface area contributed by atoms with Crippen LogP contribution in [0.1, 0.15) is 45.1 Å². The second-order valence-electron chi connectivity index (χ2n) is 5.17. The molecule has 0 N–H and O–H groups in total. The third-order valence-corrected chi connectivity index (χ3v) is 4.24. The summed E-state index contributed by atoms with van der Waals surface area (Å²) in [5.41, 5.74) is 0.914. The summed E-state index contributed by atoms with van der Waals surface area (Å²) >= 11 is 1.81. The number of carbonyl (C=O) groups is 1. The van der Waals surface area contributed by atoms with Gasteiger partial charge in [-0.05, 0) is 11.7 Å². The van der Waals surface area contributed by atoms with Gasteiger partial charge in [-0.25, -0.2) is 0 Å². The maximum absolute atomic E-state index is 11.9. The van der Waals surface area contributed by atoms with Gasteiger partial charge in [0.15, 0.2) is 0 Å². The van der Waals surface area contributed by atoms with Crippen LogP contribution in [0.5, 0.6) is 0 Å². The molecule has 0 saturated carbocycles. The van der Waals surface area contributed by atoms with Crippen molar-refractivity contribution in [1.29, 1.82) is 0 Å². The van der Waals surface area contributed by atoms with Crippen molar-refractivity contribution < 1.29 is 4.79 Å². The molecular weight excluding hydrogens is 244 g/mol. The lowest BCUT2D eigenvalue weighted by atomic mass is 10.0. The molecule has 1 rings (SSSR count). The number of rotatable bonds is 7.